The summed E-state index contributed by atoms with van der Waals surface area (Å²) < 4.78 is 0. The summed E-state index contributed by atoms with van der Waals surface area (Å²) in [5, 5.41) is 6.11. The van der Waals surface area contributed by atoms with Crippen molar-refractivity contribution < 1.29 is 0 Å². The third-order valence-electron chi connectivity index (χ3n) is 5.11. The van der Waals surface area contributed by atoms with Crippen LogP contribution >= 0.6 is 0 Å². The van der Waals surface area contributed by atoms with E-state index in [9.17, 15) is 0 Å². The first kappa shape index (κ1) is 14.1. The number of rotatable bonds is 2. The van der Waals surface area contributed by atoms with Crippen LogP contribution in [0.2, 0.25) is 0 Å². The van der Waals surface area contributed by atoms with Gasteiger partial charge < -0.3 is 11.1 Å². The second kappa shape index (κ2) is 5.12. The number of nitrogens with one attached hydrogen (secondary N) is 1. The van der Waals surface area contributed by atoms with Crippen LogP contribution in [0.4, 0.5) is 17.1 Å². The number of anilines is 3. The molecule has 3 N–H and O–H groups in total. The lowest BCUT2D eigenvalue weighted by molar-refractivity contribution is 1.46. The number of nitrogens with two attached hydrogens (primary N) is 1. The van der Waals surface area contributed by atoms with Crippen molar-refractivity contribution in [2.75, 3.05) is 11.1 Å². The van der Waals surface area contributed by atoms with Crippen LogP contribution in [0, 0.1) is 6.92 Å². The summed E-state index contributed by atoms with van der Waals surface area (Å²) in [6, 6.07) is 25.7. The molecule has 0 aromatic heterocycles. The predicted octanol–water partition coefficient (Wildman–Crippen LogP) is 6.12. The van der Waals surface area contributed by atoms with Gasteiger partial charge in [-0.15, -0.1) is 0 Å². The van der Waals surface area contributed by atoms with Gasteiger partial charge in [-0.3, -0.25) is 0 Å². The van der Waals surface area contributed by atoms with Crippen molar-refractivity contribution in [1.82, 2.24) is 0 Å². The minimum absolute atomic E-state index is 0.809. The lowest BCUT2D eigenvalue weighted by Crippen LogP contribution is -1.95. The summed E-state index contributed by atoms with van der Waals surface area (Å²) in [6.45, 7) is 2.02. The van der Waals surface area contributed by atoms with Gasteiger partial charge >= 0.3 is 0 Å². The summed E-state index contributed by atoms with van der Waals surface area (Å²) in [5.41, 5.74) is 15.4. The minimum Gasteiger partial charge on any atom is -0.398 e. The van der Waals surface area contributed by atoms with Crippen LogP contribution in [-0.2, 0) is 0 Å². The molecule has 0 amide bonds. The Balaban J connectivity index is 1.70. The largest absolute Gasteiger partial charge is 0.398 e. The van der Waals surface area contributed by atoms with Crippen molar-refractivity contribution in [2.24, 2.45) is 0 Å². The van der Waals surface area contributed by atoms with E-state index in [1.54, 1.807) is 0 Å². The zero-order valence-electron chi connectivity index (χ0n) is 14.0. The smallest absolute Gasteiger partial charge is 0.0464 e. The van der Waals surface area contributed by atoms with E-state index in [1.807, 2.05) is 19.1 Å². The van der Waals surface area contributed by atoms with Gasteiger partial charge in [0.15, 0.2) is 0 Å². The topological polar surface area (TPSA) is 38.0 Å². The molecule has 0 spiro atoms. The third-order valence-corrected chi connectivity index (χ3v) is 5.11. The van der Waals surface area contributed by atoms with Gasteiger partial charge in [-0.2, -0.15) is 0 Å². The van der Waals surface area contributed by atoms with Gasteiger partial charge in [0, 0.05) is 22.4 Å². The van der Waals surface area contributed by atoms with E-state index in [2.05, 4.69) is 66.0 Å². The van der Waals surface area contributed by atoms with Gasteiger partial charge in [-0.25, -0.2) is 0 Å². The molecular weight excluding hydrogens is 304 g/mol. The van der Waals surface area contributed by atoms with Crippen LogP contribution in [0.15, 0.2) is 72.8 Å². The molecule has 0 saturated carbocycles. The molecule has 0 heterocycles. The summed E-state index contributed by atoms with van der Waals surface area (Å²) in [4.78, 5) is 0. The van der Waals surface area contributed by atoms with Crippen molar-refractivity contribution in [3.8, 4) is 22.3 Å². The van der Waals surface area contributed by atoms with Crippen LogP contribution in [0.25, 0.3) is 33.0 Å². The van der Waals surface area contributed by atoms with Gasteiger partial charge in [0.2, 0.25) is 0 Å². The molecule has 0 radical (unpaired) electrons. The molecule has 1 aliphatic rings. The van der Waals surface area contributed by atoms with E-state index >= 15 is 0 Å². The van der Waals surface area contributed by atoms with Crippen LogP contribution < -0.4 is 11.1 Å². The van der Waals surface area contributed by atoms with Crippen molar-refractivity contribution in [2.45, 2.75) is 6.92 Å². The maximum Gasteiger partial charge on any atom is 0.0464 e. The molecule has 0 aliphatic heterocycles. The Morgan fingerprint density at radius 1 is 0.720 bits per heavy atom. The summed E-state index contributed by atoms with van der Waals surface area (Å²) >= 11 is 0. The standard InChI is InChI=1S/C23H18N2/c1-14-9-10-15(13-21(14)24)25-22-12-11-19-17-6-3-2-5-16(17)18-7-4-8-20(22)23(18)19/h2-13,25H,24H2,1H3. The fourth-order valence-corrected chi connectivity index (χ4v) is 3.79. The monoisotopic (exact) mass is 322 g/mol. The minimum atomic E-state index is 0.809. The summed E-state index contributed by atoms with van der Waals surface area (Å²) in [7, 11) is 0. The first-order valence-electron chi connectivity index (χ1n) is 8.51. The van der Waals surface area contributed by atoms with Gasteiger partial charge in [0.1, 0.15) is 0 Å². The number of fused-ring (bicyclic) bond motifs is 3. The van der Waals surface area contributed by atoms with Crippen LogP contribution in [-0.4, -0.2) is 0 Å². The van der Waals surface area contributed by atoms with Gasteiger partial charge in [0.25, 0.3) is 0 Å². The molecule has 4 aromatic carbocycles. The molecule has 120 valence electrons. The maximum atomic E-state index is 6.06. The van der Waals surface area contributed by atoms with E-state index < -0.39 is 0 Å². The van der Waals surface area contributed by atoms with E-state index in [1.165, 1.54) is 33.0 Å². The van der Waals surface area contributed by atoms with Crippen LogP contribution in [0.5, 0.6) is 0 Å². The lowest BCUT2D eigenvalue weighted by Gasteiger charge is -2.13. The first-order valence-corrected chi connectivity index (χ1v) is 8.51. The van der Waals surface area contributed by atoms with Crippen LogP contribution in [0.1, 0.15) is 5.56 Å². The highest BCUT2D eigenvalue weighted by atomic mass is 14.9. The van der Waals surface area contributed by atoms with Crippen molar-refractivity contribution >= 4 is 27.8 Å². The molecular formula is C23H18N2. The molecule has 2 nitrogen and oxygen atoms in total. The Hall–Kier alpha value is -3.26. The van der Waals surface area contributed by atoms with Crippen molar-refractivity contribution in [3.63, 3.8) is 0 Å². The Kier molecular flexibility index (Phi) is 2.89. The highest BCUT2D eigenvalue weighted by molar-refractivity contribution is 6.18. The molecule has 4 aromatic rings. The molecule has 0 bridgehead atoms. The quantitative estimate of drug-likeness (QED) is 0.384. The number of hydrogen-bond donors (Lipinski definition) is 2. The molecule has 25 heavy (non-hydrogen) atoms. The van der Waals surface area contributed by atoms with E-state index in [4.69, 9.17) is 5.73 Å². The van der Waals surface area contributed by atoms with Crippen molar-refractivity contribution in [1.29, 1.82) is 0 Å². The Bertz CT molecular complexity index is 1110. The van der Waals surface area contributed by atoms with Crippen LogP contribution in [0.3, 0.4) is 0 Å². The molecule has 5 rings (SSSR count). The average molecular weight is 322 g/mol. The van der Waals surface area contributed by atoms with Gasteiger partial charge in [-0.05, 0) is 58.3 Å². The van der Waals surface area contributed by atoms with Gasteiger partial charge in [0.05, 0.1) is 0 Å². The third kappa shape index (κ3) is 2.04. The first-order chi connectivity index (χ1) is 12.2. The molecule has 0 fully saturated rings. The number of benzene rings is 4. The zero-order chi connectivity index (χ0) is 17.0. The lowest BCUT2D eigenvalue weighted by atomic mass is 10.0. The summed E-state index contributed by atoms with van der Waals surface area (Å²) in [6.07, 6.45) is 0. The van der Waals surface area contributed by atoms with Crippen molar-refractivity contribution in [3.05, 3.63) is 78.4 Å². The normalized spacial score (nSPS) is 11.6. The Morgan fingerprint density at radius 3 is 2.20 bits per heavy atom. The second-order valence-electron chi connectivity index (χ2n) is 6.63. The molecule has 0 saturated heterocycles. The Labute approximate surface area is 146 Å². The SMILES string of the molecule is Cc1ccc(Nc2ccc3c4c(cccc24)-c2ccccc2-3)cc1N. The highest BCUT2D eigenvalue weighted by Crippen LogP contribution is 2.48. The fraction of sp³-hybridized carbons (Fsp3) is 0.0435. The number of nitrogen functional groups attached to an aromatic ring is 1. The molecule has 2 heteroatoms. The highest BCUT2D eigenvalue weighted by Gasteiger charge is 2.21. The number of aryl methyl sites for hydroxylation is 1. The van der Waals surface area contributed by atoms with E-state index in [0.29, 0.717) is 0 Å². The summed E-state index contributed by atoms with van der Waals surface area (Å²) in [5.74, 6) is 0. The molecule has 0 unspecified atom stereocenters. The second-order valence-corrected chi connectivity index (χ2v) is 6.63. The zero-order valence-corrected chi connectivity index (χ0v) is 14.0. The fourth-order valence-electron chi connectivity index (χ4n) is 3.79. The van der Waals surface area contributed by atoms with E-state index in [0.717, 1.165) is 22.6 Å². The molecule has 1 aliphatic carbocycles. The average Bonchev–Trinajstić information content (AvgIpc) is 2.96. The predicted molar refractivity (Wildman–Crippen MR) is 107 cm³/mol. The molecule has 0 atom stereocenters. The van der Waals surface area contributed by atoms with E-state index in [-0.39, 0.29) is 0 Å². The van der Waals surface area contributed by atoms with Gasteiger partial charge in [-0.1, -0.05) is 54.6 Å². The Morgan fingerprint density at radius 2 is 1.44 bits per heavy atom. The maximum absolute atomic E-state index is 6.06. The number of hydrogen-bond acceptors (Lipinski definition) is 2.